The molecule has 0 aliphatic rings. The van der Waals surface area contributed by atoms with Crippen molar-refractivity contribution in [3.05, 3.63) is 103 Å². The van der Waals surface area contributed by atoms with E-state index in [1.54, 1.807) is 4.80 Å². The van der Waals surface area contributed by atoms with Crippen molar-refractivity contribution in [2.45, 2.75) is 5.16 Å². The maximum absolute atomic E-state index is 12.3. The van der Waals surface area contributed by atoms with Crippen LogP contribution in [0.2, 0.25) is 0 Å². The lowest BCUT2D eigenvalue weighted by Gasteiger charge is -2.12. The van der Waals surface area contributed by atoms with E-state index < -0.39 is 0 Å². The Kier molecular flexibility index (Phi) is 6.31. The molecule has 0 fully saturated rings. The van der Waals surface area contributed by atoms with Crippen LogP contribution in [0.1, 0.15) is 2.85 Å². The van der Waals surface area contributed by atoms with E-state index >= 15 is 0 Å². The molecule has 1 aromatic heterocycles. The predicted octanol–water partition coefficient (Wildman–Crippen LogP) is 6.97. The van der Waals surface area contributed by atoms with E-state index in [0.717, 1.165) is 22.0 Å². The van der Waals surface area contributed by atoms with Crippen LogP contribution in [-0.4, -0.2) is 26.7 Å². The Morgan fingerprint density at radius 2 is 1.26 bits per heavy atom. The Labute approximate surface area is 205 Å². The molecule has 0 saturated heterocycles. The molecule has 0 aliphatic carbocycles. The van der Waals surface area contributed by atoms with Crippen LogP contribution in [0.3, 0.4) is 0 Å². The molecule has 172 valence electrons. The van der Waals surface area contributed by atoms with Crippen molar-refractivity contribution in [1.82, 2.24) is 15.0 Å². The van der Waals surface area contributed by atoms with Crippen molar-refractivity contribution >= 4 is 23.4 Å². The molecule has 5 rings (SSSR count). The third kappa shape index (κ3) is 5.13. The first-order chi connectivity index (χ1) is 16.6. The number of H-pyrrole nitrogens is 1. The van der Waals surface area contributed by atoms with E-state index in [0.29, 0.717) is 5.75 Å². The second kappa shape index (κ2) is 9.85. The summed E-state index contributed by atoms with van der Waals surface area (Å²) < 4.78 is 0. The number of rotatable bonds is 7. The quantitative estimate of drug-likeness (QED) is 0.254. The highest BCUT2D eigenvalue weighted by Crippen LogP contribution is 2.33. The van der Waals surface area contributed by atoms with Crippen LogP contribution in [0.5, 0.6) is 0 Å². The molecule has 0 radical (unpaired) electrons. The van der Waals surface area contributed by atoms with Gasteiger partial charge in [0.1, 0.15) is 0 Å². The molecule has 5 aromatic rings. The number of aromatic nitrogens is 3. The van der Waals surface area contributed by atoms with Crippen molar-refractivity contribution in [3.63, 3.8) is 0 Å². The Bertz CT molecular complexity index is 1330. The maximum atomic E-state index is 12.3. The number of aryl methyl sites for hydroxylation is 1. The summed E-state index contributed by atoms with van der Waals surface area (Å²) in [5.41, 5.74) is 7.70. The Balaban J connectivity index is 0.00000180. The number of nitrogens with zero attached hydrogens (tertiary/aromatic N) is 2. The zero-order valence-electron chi connectivity index (χ0n) is 18.7. The predicted molar refractivity (Wildman–Crippen MR) is 144 cm³/mol. The standard InChI is InChI=1S/C28H24N4OS.2H2/c1-32-30-28(31-32)34-19-27(33)29-26-14-12-22(13-15-26)25-17-23(20-8-4-2-5-9-20)16-24(18-25)21-10-6-3-7-11-21;;/h2-18H,19H2,1H3,(H,29,33)(H,30,31);2*1H. The highest BCUT2D eigenvalue weighted by Gasteiger charge is 2.09. The number of benzene rings is 4. The minimum Gasteiger partial charge on any atom is -0.325 e. The molecule has 0 bridgehead atoms. The van der Waals surface area contributed by atoms with Gasteiger partial charge in [0.15, 0.2) is 0 Å². The summed E-state index contributed by atoms with van der Waals surface area (Å²) in [7, 11) is 1.81. The van der Waals surface area contributed by atoms with Crippen LogP contribution in [-0.2, 0) is 11.8 Å². The van der Waals surface area contributed by atoms with Crippen molar-refractivity contribution in [3.8, 4) is 33.4 Å². The zero-order valence-corrected chi connectivity index (χ0v) is 19.5. The second-order valence-electron chi connectivity index (χ2n) is 7.99. The molecule has 4 aromatic carbocycles. The third-order valence-electron chi connectivity index (χ3n) is 5.49. The van der Waals surface area contributed by atoms with Crippen molar-refractivity contribution in [2.24, 2.45) is 7.05 Å². The van der Waals surface area contributed by atoms with Gasteiger partial charge in [-0.3, -0.25) is 9.89 Å². The van der Waals surface area contributed by atoms with E-state index in [1.165, 1.54) is 34.0 Å². The van der Waals surface area contributed by atoms with Gasteiger partial charge in [0.25, 0.3) is 0 Å². The van der Waals surface area contributed by atoms with Gasteiger partial charge in [-0.2, -0.15) is 0 Å². The molecular weight excluding hydrogens is 440 g/mol. The summed E-state index contributed by atoms with van der Waals surface area (Å²) in [5, 5.41) is 10.8. The van der Waals surface area contributed by atoms with Gasteiger partial charge in [0.05, 0.1) is 5.75 Å². The van der Waals surface area contributed by atoms with Gasteiger partial charge in [-0.1, -0.05) is 84.6 Å². The maximum Gasteiger partial charge on any atom is 0.234 e. The highest BCUT2D eigenvalue weighted by molar-refractivity contribution is 7.99. The number of hydrogen-bond donors (Lipinski definition) is 2. The third-order valence-corrected chi connectivity index (χ3v) is 6.34. The fourth-order valence-corrected chi connectivity index (χ4v) is 4.52. The zero-order chi connectivity index (χ0) is 23.3. The van der Waals surface area contributed by atoms with E-state index in [-0.39, 0.29) is 8.76 Å². The Hall–Kier alpha value is -4.03. The SMILES string of the molecule is Cn1nc(SCC(=O)Nc2ccc(-c3cc(-c4ccccc4)cc(-c4ccccc4)c3)cc2)[nH]1.[HH].[HH]. The minimum atomic E-state index is -0.0609. The van der Waals surface area contributed by atoms with Crippen LogP contribution in [0.4, 0.5) is 5.69 Å². The number of carbonyl (C=O) groups is 1. The van der Waals surface area contributed by atoms with E-state index in [1.807, 2.05) is 43.4 Å². The molecule has 0 atom stereocenters. The van der Waals surface area contributed by atoms with Gasteiger partial charge in [-0.15, -0.1) is 5.10 Å². The number of carbonyl (C=O) groups excluding carboxylic acids is 1. The molecule has 1 amide bonds. The molecular formula is C28H28N4OS. The van der Waals surface area contributed by atoms with E-state index in [9.17, 15) is 4.79 Å². The summed E-state index contributed by atoms with van der Waals surface area (Å²) in [6.45, 7) is 0. The average Bonchev–Trinajstić information content (AvgIpc) is 2.87. The first-order valence-corrected chi connectivity index (χ1v) is 12.0. The molecule has 6 heteroatoms. The van der Waals surface area contributed by atoms with E-state index in [2.05, 4.69) is 82.2 Å². The lowest BCUT2D eigenvalue weighted by molar-refractivity contribution is -0.113. The van der Waals surface area contributed by atoms with Crippen LogP contribution >= 0.6 is 11.8 Å². The van der Waals surface area contributed by atoms with Gasteiger partial charge in [-0.25, -0.2) is 4.80 Å². The monoisotopic (exact) mass is 468 g/mol. The van der Waals surface area contributed by atoms with Gasteiger partial charge in [-0.05, 0) is 63.7 Å². The largest absolute Gasteiger partial charge is 0.325 e. The average molecular weight is 469 g/mol. The number of amides is 1. The summed E-state index contributed by atoms with van der Waals surface area (Å²) in [6.07, 6.45) is 0. The first kappa shape index (κ1) is 21.8. The fraction of sp³-hybridized carbons (Fsp3) is 0.0714. The van der Waals surface area contributed by atoms with Crippen molar-refractivity contribution in [2.75, 3.05) is 11.1 Å². The lowest BCUT2D eigenvalue weighted by Crippen LogP contribution is -2.17. The molecule has 0 unspecified atom stereocenters. The molecule has 0 saturated carbocycles. The summed E-state index contributed by atoms with van der Waals surface area (Å²) in [6, 6.07) is 35.5. The van der Waals surface area contributed by atoms with Crippen LogP contribution < -0.4 is 5.32 Å². The molecule has 0 spiro atoms. The second-order valence-corrected chi connectivity index (χ2v) is 8.95. The highest BCUT2D eigenvalue weighted by atomic mass is 32.2. The summed E-state index contributed by atoms with van der Waals surface area (Å²) in [5.74, 6) is 0.246. The number of nitrogens with one attached hydrogen (secondary N) is 2. The van der Waals surface area contributed by atoms with Gasteiger partial charge in [0.2, 0.25) is 11.1 Å². The minimum absolute atomic E-state index is 0. The molecule has 5 nitrogen and oxygen atoms in total. The summed E-state index contributed by atoms with van der Waals surface area (Å²) >= 11 is 1.38. The van der Waals surface area contributed by atoms with Gasteiger partial charge in [0, 0.05) is 15.6 Å². The molecule has 0 aliphatic heterocycles. The number of anilines is 1. The lowest BCUT2D eigenvalue weighted by atomic mass is 9.93. The van der Waals surface area contributed by atoms with Crippen molar-refractivity contribution < 1.29 is 7.65 Å². The Morgan fingerprint density at radius 1 is 0.794 bits per heavy atom. The fourth-order valence-electron chi connectivity index (χ4n) is 3.80. The van der Waals surface area contributed by atoms with Crippen molar-refractivity contribution in [1.29, 1.82) is 0 Å². The van der Waals surface area contributed by atoms with Gasteiger partial charge >= 0.3 is 0 Å². The van der Waals surface area contributed by atoms with Crippen LogP contribution in [0.25, 0.3) is 33.4 Å². The van der Waals surface area contributed by atoms with E-state index in [4.69, 9.17) is 0 Å². The topological polar surface area (TPSA) is 62.7 Å². The van der Waals surface area contributed by atoms with Crippen LogP contribution in [0.15, 0.2) is 108 Å². The smallest absolute Gasteiger partial charge is 0.234 e. The Morgan fingerprint density at radius 3 is 1.74 bits per heavy atom. The number of hydrogen-bond acceptors (Lipinski definition) is 3. The number of aromatic amines is 1. The van der Waals surface area contributed by atoms with Crippen LogP contribution in [0, 0.1) is 0 Å². The number of thioether (sulfide) groups is 1. The first-order valence-electron chi connectivity index (χ1n) is 11.0. The molecule has 34 heavy (non-hydrogen) atoms. The molecule has 2 N–H and O–H groups in total. The summed E-state index contributed by atoms with van der Waals surface area (Å²) in [4.78, 5) is 13.9. The molecule has 1 heterocycles. The van der Waals surface area contributed by atoms with Gasteiger partial charge < -0.3 is 5.32 Å². The normalized spacial score (nSPS) is 10.9.